The molecule has 0 aliphatic carbocycles. The predicted molar refractivity (Wildman–Crippen MR) is 133 cm³/mol. The first-order chi connectivity index (χ1) is 16.7. The van der Waals surface area contributed by atoms with Gasteiger partial charge in [-0.25, -0.2) is 0 Å². The van der Waals surface area contributed by atoms with Crippen molar-refractivity contribution in [2.45, 2.75) is 40.5 Å². The maximum absolute atomic E-state index is 10.9. The Labute approximate surface area is 208 Å². The molecule has 0 aromatic heterocycles. The van der Waals surface area contributed by atoms with Crippen molar-refractivity contribution < 1.29 is 45.0 Å². The molecule has 0 atom stereocenters. The highest BCUT2D eigenvalue weighted by Crippen LogP contribution is 2.29. The van der Waals surface area contributed by atoms with Crippen molar-refractivity contribution in [2.24, 2.45) is 0 Å². The van der Waals surface area contributed by atoms with Crippen LogP contribution in [0.5, 0.6) is 34.5 Å². The normalized spacial score (nSPS) is 9.78. The van der Waals surface area contributed by atoms with Crippen molar-refractivity contribution in [3.8, 4) is 34.5 Å². The van der Waals surface area contributed by atoms with Gasteiger partial charge in [0.2, 0.25) is 0 Å². The second-order valence-corrected chi connectivity index (χ2v) is 8.09. The van der Waals surface area contributed by atoms with Crippen molar-refractivity contribution >= 4 is 17.3 Å². The summed E-state index contributed by atoms with van der Waals surface area (Å²) in [6, 6.07) is 11.1. The SMILES string of the molecule is CC(=O)Cc1cc(O)cc(O)c1.CC(=O)Cc1ccc(O)cc1O.CC(=O)c1ccc(O)c(C)c1O. The fraction of sp³-hybridized carbons (Fsp3) is 0.222. The minimum absolute atomic E-state index is 0.000000000000000222. The van der Waals surface area contributed by atoms with E-state index in [9.17, 15) is 24.6 Å². The van der Waals surface area contributed by atoms with Crippen LogP contribution in [0.1, 0.15) is 47.8 Å². The molecular weight excluding hydrogens is 468 g/mol. The van der Waals surface area contributed by atoms with E-state index in [-0.39, 0.29) is 70.3 Å². The fourth-order valence-corrected chi connectivity index (χ4v) is 2.99. The molecule has 0 saturated carbocycles. The van der Waals surface area contributed by atoms with Gasteiger partial charge in [-0.2, -0.15) is 0 Å². The average molecular weight is 499 g/mol. The van der Waals surface area contributed by atoms with Crippen molar-refractivity contribution in [2.75, 3.05) is 0 Å². The Morgan fingerprint density at radius 2 is 1.19 bits per heavy atom. The number of benzene rings is 3. The third-order valence-electron chi connectivity index (χ3n) is 4.71. The smallest absolute Gasteiger partial charge is 0.163 e. The molecule has 36 heavy (non-hydrogen) atoms. The van der Waals surface area contributed by atoms with E-state index in [2.05, 4.69) is 0 Å². The van der Waals surface area contributed by atoms with Crippen molar-refractivity contribution in [1.82, 2.24) is 0 Å². The zero-order chi connectivity index (χ0) is 27.6. The number of carbonyl (C=O) groups is 3. The molecule has 9 nitrogen and oxygen atoms in total. The van der Waals surface area contributed by atoms with Gasteiger partial charge in [-0.05, 0) is 63.6 Å². The lowest BCUT2D eigenvalue weighted by atomic mass is 10.1. The lowest BCUT2D eigenvalue weighted by Crippen LogP contribution is -1.95. The van der Waals surface area contributed by atoms with Gasteiger partial charge in [-0.15, -0.1) is 0 Å². The van der Waals surface area contributed by atoms with Gasteiger partial charge in [0.05, 0.1) is 5.56 Å². The van der Waals surface area contributed by atoms with Crippen molar-refractivity contribution in [3.05, 3.63) is 70.8 Å². The second-order valence-electron chi connectivity index (χ2n) is 8.09. The van der Waals surface area contributed by atoms with Crippen molar-refractivity contribution in [1.29, 1.82) is 0 Å². The Hall–Kier alpha value is -4.53. The van der Waals surface area contributed by atoms with Crippen LogP contribution >= 0.6 is 0 Å². The fourth-order valence-electron chi connectivity index (χ4n) is 2.99. The zero-order valence-corrected chi connectivity index (χ0v) is 20.4. The molecule has 0 aliphatic heterocycles. The Balaban J connectivity index is 0.000000270. The second kappa shape index (κ2) is 13.4. The highest BCUT2D eigenvalue weighted by molar-refractivity contribution is 5.97. The molecule has 0 amide bonds. The van der Waals surface area contributed by atoms with Gasteiger partial charge >= 0.3 is 0 Å². The van der Waals surface area contributed by atoms with E-state index in [4.69, 9.17) is 20.4 Å². The first-order valence-corrected chi connectivity index (χ1v) is 10.7. The largest absolute Gasteiger partial charge is 0.508 e. The van der Waals surface area contributed by atoms with Crippen LogP contribution in [0.4, 0.5) is 0 Å². The molecule has 6 N–H and O–H groups in total. The molecule has 192 valence electrons. The maximum atomic E-state index is 10.9. The maximum Gasteiger partial charge on any atom is 0.163 e. The summed E-state index contributed by atoms with van der Waals surface area (Å²) in [7, 11) is 0. The van der Waals surface area contributed by atoms with Crippen LogP contribution in [0.2, 0.25) is 0 Å². The molecule has 0 radical (unpaired) electrons. The summed E-state index contributed by atoms with van der Waals surface area (Å²) in [5, 5.41) is 54.7. The van der Waals surface area contributed by atoms with E-state index >= 15 is 0 Å². The van der Waals surface area contributed by atoms with E-state index < -0.39 is 0 Å². The minimum atomic E-state index is -0.212. The minimum Gasteiger partial charge on any atom is -0.508 e. The van der Waals surface area contributed by atoms with Gasteiger partial charge < -0.3 is 30.6 Å². The Bertz CT molecular complexity index is 1230. The molecular formula is C27H30O9. The molecule has 0 fully saturated rings. The van der Waals surface area contributed by atoms with Gasteiger partial charge in [0.1, 0.15) is 46.1 Å². The van der Waals surface area contributed by atoms with Crippen LogP contribution < -0.4 is 0 Å². The lowest BCUT2D eigenvalue weighted by Gasteiger charge is -2.04. The van der Waals surface area contributed by atoms with E-state index in [1.54, 1.807) is 6.92 Å². The van der Waals surface area contributed by atoms with Crippen LogP contribution in [0.25, 0.3) is 0 Å². The first kappa shape index (κ1) is 29.5. The third-order valence-corrected chi connectivity index (χ3v) is 4.71. The predicted octanol–water partition coefficient (Wildman–Crippen LogP) is 4.07. The highest BCUT2D eigenvalue weighted by Gasteiger charge is 2.10. The zero-order valence-electron chi connectivity index (χ0n) is 20.4. The quantitative estimate of drug-likeness (QED) is 0.284. The first-order valence-electron chi connectivity index (χ1n) is 10.7. The number of hydrogen-bond donors (Lipinski definition) is 6. The Kier molecular flexibility index (Phi) is 11.0. The van der Waals surface area contributed by atoms with Crippen LogP contribution in [-0.4, -0.2) is 48.0 Å². The van der Waals surface area contributed by atoms with Gasteiger partial charge in [0.25, 0.3) is 0 Å². The Morgan fingerprint density at radius 3 is 1.67 bits per heavy atom. The van der Waals surface area contributed by atoms with E-state index in [0.29, 0.717) is 16.7 Å². The molecule has 0 spiro atoms. The number of phenols is 6. The molecule has 3 aromatic carbocycles. The summed E-state index contributed by atoms with van der Waals surface area (Å²) >= 11 is 0. The number of aromatic hydroxyl groups is 6. The molecule has 0 unspecified atom stereocenters. The highest BCUT2D eigenvalue weighted by atomic mass is 16.3. The molecule has 0 bridgehead atoms. The third kappa shape index (κ3) is 9.76. The summed E-state index contributed by atoms with van der Waals surface area (Å²) in [6.07, 6.45) is 0.439. The molecule has 0 aliphatic rings. The van der Waals surface area contributed by atoms with Crippen LogP contribution in [-0.2, 0) is 22.4 Å². The number of Topliss-reactive ketones (excluding diaryl/α,β-unsaturated/α-hetero) is 3. The van der Waals surface area contributed by atoms with Gasteiger partial charge in [-0.1, -0.05) is 6.07 Å². The number of carbonyl (C=O) groups excluding carboxylic acids is 3. The summed E-state index contributed by atoms with van der Waals surface area (Å²) in [5.41, 5.74) is 1.74. The van der Waals surface area contributed by atoms with Crippen molar-refractivity contribution in [3.63, 3.8) is 0 Å². The number of ketones is 3. The molecule has 0 saturated heterocycles. The van der Waals surface area contributed by atoms with E-state index in [1.165, 1.54) is 69.3 Å². The number of hydrogen-bond acceptors (Lipinski definition) is 9. The van der Waals surface area contributed by atoms with E-state index in [1.807, 2.05) is 0 Å². The monoisotopic (exact) mass is 498 g/mol. The van der Waals surface area contributed by atoms with E-state index in [0.717, 1.165) is 0 Å². The summed E-state index contributed by atoms with van der Waals surface area (Å²) in [5.74, 6) is -0.450. The molecule has 0 heterocycles. The van der Waals surface area contributed by atoms with Gasteiger partial charge in [0.15, 0.2) is 5.78 Å². The average Bonchev–Trinajstić information content (AvgIpc) is 2.73. The summed E-state index contributed by atoms with van der Waals surface area (Å²) in [4.78, 5) is 32.2. The number of rotatable bonds is 5. The van der Waals surface area contributed by atoms with Gasteiger partial charge in [0, 0.05) is 36.1 Å². The van der Waals surface area contributed by atoms with Crippen LogP contribution in [0, 0.1) is 6.92 Å². The summed E-state index contributed by atoms with van der Waals surface area (Å²) < 4.78 is 0. The lowest BCUT2D eigenvalue weighted by molar-refractivity contribution is -0.117. The number of phenolic OH excluding ortho intramolecular Hbond substituents is 6. The Morgan fingerprint density at radius 1 is 0.639 bits per heavy atom. The van der Waals surface area contributed by atoms with Crippen LogP contribution in [0.15, 0.2) is 48.5 Å². The summed E-state index contributed by atoms with van der Waals surface area (Å²) in [6.45, 7) is 5.83. The standard InChI is InChI=1S/3C9H10O3/c1-6(10)2-7-3-8(11)5-9(12)4-7;1-5-8(11)4-3-7(6(2)10)9(5)12;1-6(10)4-7-2-3-8(11)5-9(7)12/h3-5,11-12H,2H2,1H3;3-4,11-12H,1-2H3;2-3,5,11-12H,4H2,1H3. The van der Waals surface area contributed by atoms with Gasteiger partial charge in [-0.3, -0.25) is 14.4 Å². The topological polar surface area (TPSA) is 173 Å². The molecule has 3 rings (SSSR count). The van der Waals surface area contributed by atoms with Crippen LogP contribution in [0.3, 0.4) is 0 Å². The molecule has 3 aromatic rings. The molecule has 9 heteroatoms.